The first kappa shape index (κ1) is 14.7. The van der Waals surface area contributed by atoms with E-state index in [-0.39, 0.29) is 24.8 Å². The van der Waals surface area contributed by atoms with Gasteiger partial charge >= 0.3 is 0 Å². The van der Waals surface area contributed by atoms with Crippen molar-refractivity contribution in [2.24, 2.45) is 5.73 Å². The molecule has 2 rings (SSSR count). The molecule has 1 aromatic rings. The summed E-state index contributed by atoms with van der Waals surface area (Å²) in [6, 6.07) is 11.0. The fourth-order valence-electron chi connectivity index (χ4n) is 1.85. The van der Waals surface area contributed by atoms with Crippen LogP contribution in [0.4, 0.5) is 0 Å². The van der Waals surface area contributed by atoms with Crippen LogP contribution in [0.2, 0.25) is 0 Å². The first-order valence-corrected chi connectivity index (χ1v) is 4.86. The van der Waals surface area contributed by atoms with Crippen LogP contribution in [0.3, 0.4) is 0 Å². The predicted octanol–water partition coefficient (Wildman–Crippen LogP) is 2.06. The van der Waals surface area contributed by atoms with Gasteiger partial charge in [-0.3, -0.25) is 4.90 Å². The van der Waals surface area contributed by atoms with Crippen molar-refractivity contribution in [3.63, 3.8) is 0 Å². The molecule has 15 heavy (non-hydrogen) atoms. The quantitative estimate of drug-likeness (QED) is 0.869. The molecule has 1 atom stereocenters. The van der Waals surface area contributed by atoms with Crippen molar-refractivity contribution in [3.05, 3.63) is 35.9 Å². The van der Waals surface area contributed by atoms with E-state index in [2.05, 4.69) is 35.2 Å². The highest BCUT2D eigenvalue weighted by Crippen LogP contribution is 2.11. The predicted molar refractivity (Wildman–Crippen MR) is 68.8 cm³/mol. The maximum atomic E-state index is 5.84. The molecular weight excluding hydrogens is 231 g/mol. The summed E-state index contributed by atoms with van der Waals surface area (Å²) in [5, 5.41) is 0. The van der Waals surface area contributed by atoms with Gasteiger partial charge in [0.25, 0.3) is 0 Å². The topological polar surface area (TPSA) is 29.3 Å². The summed E-state index contributed by atoms with van der Waals surface area (Å²) in [6.07, 6.45) is 1.15. The van der Waals surface area contributed by atoms with Gasteiger partial charge in [-0.2, -0.15) is 0 Å². The molecule has 0 bridgehead atoms. The summed E-state index contributed by atoms with van der Waals surface area (Å²) in [4.78, 5) is 2.42. The summed E-state index contributed by atoms with van der Waals surface area (Å²) in [7, 11) is 0. The van der Waals surface area contributed by atoms with Crippen LogP contribution < -0.4 is 5.73 Å². The molecule has 0 aliphatic carbocycles. The van der Waals surface area contributed by atoms with Crippen molar-refractivity contribution in [1.82, 2.24) is 4.90 Å². The highest BCUT2D eigenvalue weighted by molar-refractivity contribution is 5.85. The van der Waals surface area contributed by atoms with Gasteiger partial charge in [-0.25, -0.2) is 0 Å². The van der Waals surface area contributed by atoms with Gasteiger partial charge in [-0.1, -0.05) is 30.3 Å². The number of rotatable bonds is 2. The fourth-order valence-corrected chi connectivity index (χ4v) is 1.85. The van der Waals surface area contributed by atoms with E-state index in [1.807, 2.05) is 0 Å². The Morgan fingerprint density at radius 2 is 1.87 bits per heavy atom. The maximum Gasteiger partial charge on any atom is 0.0234 e. The van der Waals surface area contributed by atoms with Gasteiger partial charge in [0.05, 0.1) is 0 Å². The zero-order chi connectivity index (χ0) is 9.10. The Bertz CT molecular complexity index is 267. The molecule has 0 aromatic heterocycles. The molecule has 0 radical (unpaired) electrons. The number of halogens is 2. The number of likely N-dealkylation sites (tertiary alicyclic amines) is 1. The Morgan fingerprint density at radius 1 is 1.20 bits per heavy atom. The molecular formula is C11H18Cl2N2. The van der Waals surface area contributed by atoms with E-state index in [0.717, 1.165) is 26.1 Å². The minimum Gasteiger partial charge on any atom is -0.326 e. The lowest BCUT2D eigenvalue weighted by Crippen LogP contribution is -2.26. The number of hydrogen-bond acceptors (Lipinski definition) is 2. The zero-order valence-corrected chi connectivity index (χ0v) is 10.3. The van der Waals surface area contributed by atoms with E-state index in [9.17, 15) is 0 Å². The van der Waals surface area contributed by atoms with Crippen LogP contribution >= 0.6 is 24.8 Å². The Labute approximate surface area is 104 Å². The Balaban J connectivity index is 0.000000980. The van der Waals surface area contributed by atoms with Gasteiger partial charge in [-0.15, -0.1) is 24.8 Å². The average Bonchev–Trinajstić information content (AvgIpc) is 2.53. The van der Waals surface area contributed by atoms with Crippen LogP contribution in [0, 0.1) is 0 Å². The SMILES string of the molecule is Cl.Cl.N[C@H]1CCN(Cc2ccccc2)C1. The standard InChI is InChI=1S/C11H16N2.2ClH/c12-11-6-7-13(9-11)8-10-4-2-1-3-5-10;;/h1-5,11H,6-9,12H2;2*1H/t11-;;/m0../s1. The van der Waals surface area contributed by atoms with Crippen molar-refractivity contribution in [2.75, 3.05) is 13.1 Å². The lowest BCUT2D eigenvalue weighted by atomic mass is 10.2. The third-order valence-corrected chi connectivity index (χ3v) is 2.56. The molecule has 0 saturated carbocycles. The van der Waals surface area contributed by atoms with Crippen LogP contribution in [-0.2, 0) is 6.54 Å². The highest BCUT2D eigenvalue weighted by atomic mass is 35.5. The van der Waals surface area contributed by atoms with Gasteiger partial charge in [0.1, 0.15) is 0 Å². The van der Waals surface area contributed by atoms with E-state index in [1.165, 1.54) is 5.56 Å². The molecule has 4 heteroatoms. The molecule has 1 fully saturated rings. The molecule has 86 valence electrons. The summed E-state index contributed by atoms with van der Waals surface area (Å²) >= 11 is 0. The van der Waals surface area contributed by atoms with Crippen LogP contribution in [-0.4, -0.2) is 24.0 Å². The monoisotopic (exact) mass is 248 g/mol. The minimum atomic E-state index is 0. The van der Waals surface area contributed by atoms with Gasteiger partial charge in [0.15, 0.2) is 0 Å². The molecule has 1 aliphatic heterocycles. The third kappa shape index (κ3) is 4.39. The molecule has 1 heterocycles. The Kier molecular flexibility index (Phi) is 6.94. The van der Waals surface area contributed by atoms with Crippen molar-refractivity contribution in [2.45, 2.75) is 19.0 Å². The van der Waals surface area contributed by atoms with Crippen molar-refractivity contribution < 1.29 is 0 Å². The van der Waals surface area contributed by atoms with Gasteiger partial charge in [0.2, 0.25) is 0 Å². The van der Waals surface area contributed by atoms with Gasteiger partial charge < -0.3 is 5.73 Å². The molecule has 0 unspecified atom stereocenters. The van der Waals surface area contributed by atoms with Crippen LogP contribution in [0.25, 0.3) is 0 Å². The van der Waals surface area contributed by atoms with E-state index in [0.29, 0.717) is 6.04 Å². The molecule has 0 amide bonds. The molecule has 2 nitrogen and oxygen atoms in total. The molecule has 2 N–H and O–H groups in total. The lowest BCUT2D eigenvalue weighted by molar-refractivity contribution is 0.327. The van der Waals surface area contributed by atoms with Crippen molar-refractivity contribution in [1.29, 1.82) is 0 Å². The highest BCUT2D eigenvalue weighted by Gasteiger charge is 2.18. The molecule has 1 aromatic carbocycles. The second-order valence-electron chi connectivity index (χ2n) is 3.77. The Morgan fingerprint density at radius 3 is 2.40 bits per heavy atom. The third-order valence-electron chi connectivity index (χ3n) is 2.56. The second kappa shape index (κ2) is 7.07. The zero-order valence-electron chi connectivity index (χ0n) is 8.63. The summed E-state index contributed by atoms with van der Waals surface area (Å²) in [6.45, 7) is 3.25. The molecule has 1 saturated heterocycles. The normalized spacial score (nSPS) is 20.5. The van der Waals surface area contributed by atoms with Crippen LogP contribution in [0.15, 0.2) is 30.3 Å². The van der Waals surface area contributed by atoms with Crippen LogP contribution in [0.5, 0.6) is 0 Å². The minimum absolute atomic E-state index is 0. The average molecular weight is 249 g/mol. The fraction of sp³-hybridized carbons (Fsp3) is 0.455. The van der Waals surface area contributed by atoms with Crippen molar-refractivity contribution in [3.8, 4) is 0 Å². The first-order chi connectivity index (χ1) is 6.34. The molecule has 0 spiro atoms. The molecule has 1 aliphatic rings. The largest absolute Gasteiger partial charge is 0.326 e. The Hall–Kier alpha value is -0.280. The maximum absolute atomic E-state index is 5.84. The summed E-state index contributed by atoms with van der Waals surface area (Å²) in [5.74, 6) is 0. The van der Waals surface area contributed by atoms with Gasteiger partial charge in [0, 0.05) is 25.7 Å². The summed E-state index contributed by atoms with van der Waals surface area (Å²) < 4.78 is 0. The second-order valence-corrected chi connectivity index (χ2v) is 3.77. The van der Waals surface area contributed by atoms with Gasteiger partial charge in [-0.05, 0) is 12.0 Å². The van der Waals surface area contributed by atoms with Crippen LogP contribution in [0.1, 0.15) is 12.0 Å². The number of nitrogens with zero attached hydrogens (tertiary/aromatic N) is 1. The number of nitrogens with two attached hydrogens (primary N) is 1. The first-order valence-electron chi connectivity index (χ1n) is 4.86. The number of benzene rings is 1. The number of hydrogen-bond donors (Lipinski definition) is 1. The lowest BCUT2D eigenvalue weighted by Gasteiger charge is -2.14. The summed E-state index contributed by atoms with van der Waals surface area (Å²) in [5.41, 5.74) is 7.22. The van der Waals surface area contributed by atoms with E-state index < -0.39 is 0 Å². The van der Waals surface area contributed by atoms with E-state index in [4.69, 9.17) is 5.73 Å². The van der Waals surface area contributed by atoms with E-state index >= 15 is 0 Å². The van der Waals surface area contributed by atoms with Crippen molar-refractivity contribution >= 4 is 24.8 Å². The van der Waals surface area contributed by atoms with E-state index in [1.54, 1.807) is 0 Å². The smallest absolute Gasteiger partial charge is 0.0234 e.